The molecule has 7 nitrogen and oxygen atoms in total. The summed E-state index contributed by atoms with van der Waals surface area (Å²) in [6.07, 6.45) is 1.25. The average molecular weight is 356 g/mol. The van der Waals surface area contributed by atoms with E-state index in [1.54, 1.807) is 23.2 Å². The van der Waals surface area contributed by atoms with Gasteiger partial charge in [-0.1, -0.05) is 11.6 Å². The summed E-state index contributed by atoms with van der Waals surface area (Å²) in [6.45, 7) is 7.82. The number of hydrogen-bond donors (Lipinski definition) is 0. The number of hydrogen-bond acceptors (Lipinski definition) is 6. The second-order valence-electron chi connectivity index (χ2n) is 6.40. The molecule has 0 aliphatic carbocycles. The highest BCUT2D eigenvalue weighted by molar-refractivity contribution is 6.17. The summed E-state index contributed by atoms with van der Waals surface area (Å²) in [5, 5.41) is 0. The van der Waals surface area contributed by atoms with E-state index in [1.165, 1.54) is 0 Å². The normalized spacial score (nSPS) is 15.2. The van der Waals surface area contributed by atoms with Crippen molar-refractivity contribution in [1.29, 1.82) is 0 Å². The highest BCUT2D eigenvalue weighted by atomic mass is 35.5. The Morgan fingerprint density at radius 2 is 1.92 bits per heavy atom. The van der Waals surface area contributed by atoms with Gasteiger partial charge in [0.05, 0.1) is 5.56 Å². The Kier molecular flexibility index (Phi) is 5.88. The van der Waals surface area contributed by atoms with E-state index < -0.39 is 11.6 Å². The molecule has 1 aliphatic rings. The predicted octanol–water partition coefficient (Wildman–Crippen LogP) is 2.49. The zero-order chi connectivity index (χ0) is 17.7. The third-order valence-electron chi connectivity index (χ3n) is 3.42. The molecule has 24 heavy (non-hydrogen) atoms. The maximum atomic E-state index is 12.1. The molecule has 0 aromatic carbocycles. The summed E-state index contributed by atoms with van der Waals surface area (Å²) in [4.78, 5) is 31.8. The summed E-state index contributed by atoms with van der Waals surface area (Å²) >= 11 is 5.41. The average Bonchev–Trinajstić information content (AvgIpc) is 2.54. The fraction of sp³-hybridized carbons (Fsp3) is 0.562. The van der Waals surface area contributed by atoms with E-state index in [-0.39, 0.29) is 12.2 Å². The van der Waals surface area contributed by atoms with E-state index in [0.29, 0.717) is 37.6 Å². The van der Waals surface area contributed by atoms with Gasteiger partial charge in [-0.05, 0) is 32.9 Å². The standard InChI is InChI=1S/C16H22ClN3O4/c1-16(2,3)24-15(22)20-8-6-19(7-9-20)13-10-12(4-5-18-13)14(21)23-11-17/h4-5,10H,6-9,11H2,1-3H3. The van der Waals surface area contributed by atoms with Gasteiger partial charge in [-0.15, -0.1) is 0 Å². The van der Waals surface area contributed by atoms with Gasteiger partial charge in [0.25, 0.3) is 0 Å². The van der Waals surface area contributed by atoms with Gasteiger partial charge in [0.2, 0.25) is 0 Å². The van der Waals surface area contributed by atoms with Crippen LogP contribution in [0.15, 0.2) is 18.3 Å². The molecular weight excluding hydrogens is 334 g/mol. The van der Waals surface area contributed by atoms with Crippen molar-refractivity contribution in [1.82, 2.24) is 9.88 Å². The van der Waals surface area contributed by atoms with E-state index in [0.717, 1.165) is 0 Å². The first-order valence-corrected chi connectivity index (χ1v) is 8.25. The molecule has 1 aromatic rings. The predicted molar refractivity (Wildman–Crippen MR) is 90.4 cm³/mol. The lowest BCUT2D eigenvalue weighted by atomic mass is 10.2. The molecule has 0 radical (unpaired) electrons. The molecule has 132 valence electrons. The van der Waals surface area contributed by atoms with Crippen LogP contribution in [0.25, 0.3) is 0 Å². The molecule has 1 aliphatic heterocycles. The van der Waals surface area contributed by atoms with Crippen LogP contribution in [0.3, 0.4) is 0 Å². The molecule has 0 N–H and O–H groups in total. The molecule has 1 fully saturated rings. The number of anilines is 1. The molecular formula is C16H22ClN3O4. The molecule has 1 aromatic heterocycles. The number of alkyl halides is 1. The van der Waals surface area contributed by atoms with Crippen LogP contribution < -0.4 is 4.90 Å². The van der Waals surface area contributed by atoms with E-state index >= 15 is 0 Å². The Morgan fingerprint density at radius 3 is 2.50 bits per heavy atom. The van der Waals surface area contributed by atoms with Crippen molar-refractivity contribution in [3.05, 3.63) is 23.9 Å². The fourth-order valence-electron chi connectivity index (χ4n) is 2.30. The van der Waals surface area contributed by atoms with E-state index in [4.69, 9.17) is 21.1 Å². The van der Waals surface area contributed by atoms with Crippen LogP contribution in [-0.2, 0) is 9.47 Å². The molecule has 0 bridgehead atoms. The van der Waals surface area contributed by atoms with Crippen LogP contribution >= 0.6 is 11.6 Å². The minimum atomic E-state index is -0.507. The summed E-state index contributed by atoms with van der Waals surface area (Å²) in [7, 11) is 0. The van der Waals surface area contributed by atoms with Crippen LogP contribution in [0.1, 0.15) is 31.1 Å². The van der Waals surface area contributed by atoms with Crippen LogP contribution in [0.2, 0.25) is 0 Å². The number of halogens is 1. The number of carbonyl (C=O) groups excluding carboxylic acids is 2. The number of piperazine rings is 1. The van der Waals surface area contributed by atoms with Crippen molar-refractivity contribution < 1.29 is 19.1 Å². The van der Waals surface area contributed by atoms with Gasteiger partial charge in [0.15, 0.2) is 6.07 Å². The zero-order valence-corrected chi connectivity index (χ0v) is 14.9. The van der Waals surface area contributed by atoms with Gasteiger partial charge < -0.3 is 19.3 Å². The SMILES string of the molecule is CC(C)(C)OC(=O)N1CCN(c2cc(C(=O)OCCl)ccn2)CC1. The maximum absolute atomic E-state index is 12.1. The Balaban J connectivity index is 1.96. The number of rotatable bonds is 3. The number of nitrogens with zero attached hydrogens (tertiary/aromatic N) is 3. The smallest absolute Gasteiger partial charge is 0.410 e. The van der Waals surface area contributed by atoms with Crippen LogP contribution in [0, 0.1) is 0 Å². The third-order valence-corrected chi connectivity index (χ3v) is 3.53. The summed E-state index contributed by atoms with van der Waals surface area (Å²) in [5.74, 6) is 0.184. The number of aromatic nitrogens is 1. The zero-order valence-electron chi connectivity index (χ0n) is 14.1. The molecule has 1 amide bonds. The van der Waals surface area contributed by atoms with Crippen molar-refractivity contribution in [2.75, 3.05) is 37.1 Å². The Bertz CT molecular complexity index is 595. The highest BCUT2D eigenvalue weighted by Crippen LogP contribution is 2.17. The lowest BCUT2D eigenvalue weighted by molar-refractivity contribution is 0.0240. The first-order chi connectivity index (χ1) is 11.3. The first-order valence-electron chi connectivity index (χ1n) is 7.72. The van der Waals surface area contributed by atoms with E-state index in [9.17, 15) is 9.59 Å². The second kappa shape index (κ2) is 7.70. The number of ether oxygens (including phenoxy) is 2. The highest BCUT2D eigenvalue weighted by Gasteiger charge is 2.26. The first kappa shape index (κ1) is 18.3. The second-order valence-corrected chi connectivity index (χ2v) is 6.62. The minimum absolute atomic E-state index is 0.189. The lowest BCUT2D eigenvalue weighted by Gasteiger charge is -2.36. The maximum Gasteiger partial charge on any atom is 0.410 e. The Labute approximate surface area is 146 Å². The van der Waals surface area contributed by atoms with Crippen LogP contribution in [0.4, 0.5) is 10.6 Å². The van der Waals surface area contributed by atoms with Gasteiger partial charge in [-0.3, -0.25) is 0 Å². The van der Waals surface area contributed by atoms with Gasteiger partial charge >= 0.3 is 12.1 Å². The molecule has 0 unspecified atom stereocenters. The Morgan fingerprint density at radius 1 is 1.25 bits per heavy atom. The Hall–Kier alpha value is -2.02. The van der Waals surface area contributed by atoms with Crippen molar-refractivity contribution in [2.24, 2.45) is 0 Å². The van der Waals surface area contributed by atoms with Crippen LogP contribution in [-0.4, -0.2) is 59.8 Å². The largest absolute Gasteiger partial charge is 0.446 e. The topological polar surface area (TPSA) is 72.0 Å². The summed E-state index contributed by atoms with van der Waals surface area (Å²) < 4.78 is 10.2. The molecule has 0 atom stereocenters. The molecule has 2 heterocycles. The monoisotopic (exact) mass is 355 g/mol. The lowest BCUT2D eigenvalue weighted by Crippen LogP contribution is -2.50. The minimum Gasteiger partial charge on any atom is -0.446 e. The van der Waals surface area contributed by atoms with Gasteiger partial charge in [-0.25, -0.2) is 14.6 Å². The van der Waals surface area contributed by atoms with E-state index in [2.05, 4.69) is 4.98 Å². The number of esters is 1. The fourth-order valence-corrected chi connectivity index (χ4v) is 2.39. The quantitative estimate of drug-likeness (QED) is 0.612. The number of carbonyl (C=O) groups is 2. The van der Waals surface area contributed by atoms with Crippen molar-refractivity contribution in [3.63, 3.8) is 0 Å². The van der Waals surface area contributed by atoms with Gasteiger partial charge in [0, 0.05) is 32.4 Å². The van der Waals surface area contributed by atoms with Gasteiger partial charge in [0.1, 0.15) is 11.4 Å². The van der Waals surface area contributed by atoms with Crippen LogP contribution in [0.5, 0.6) is 0 Å². The van der Waals surface area contributed by atoms with E-state index in [1.807, 2.05) is 25.7 Å². The molecule has 1 saturated heterocycles. The molecule has 0 saturated carbocycles. The summed E-state index contributed by atoms with van der Waals surface area (Å²) in [6, 6.07) is 3.05. The number of pyridine rings is 1. The molecule has 0 spiro atoms. The third kappa shape index (κ3) is 4.99. The van der Waals surface area contributed by atoms with Crippen molar-refractivity contribution in [3.8, 4) is 0 Å². The summed E-state index contributed by atoms with van der Waals surface area (Å²) in [5.41, 5.74) is -0.109. The molecule has 8 heteroatoms. The van der Waals surface area contributed by atoms with Gasteiger partial charge in [-0.2, -0.15) is 0 Å². The number of amides is 1. The van der Waals surface area contributed by atoms with Crippen molar-refractivity contribution >= 4 is 29.5 Å². The van der Waals surface area contributed by atoms with Crippen molar-refractivity contribution in [2.45, 2.75) is 26.4 Å². The molecule has 2 rings (SSSR count).